The van der Waals surface area contributed by atoms with Gasteiger partial charge in [0.05, 0.1) is 59.2 Å². The van der Waals surface area contributed by atoms with Crippen LogP contribution < -0.4 is 19.3 Å². The van der Waals surface area contributed by atoms with Crippen molar-refractivity contribution in [3.63, 3.8) is 0 Å². The smallest absolute Gasteiger partial charge is 0.319 e. The molecule has 2 amide bonds. The molecule has 7 aliphatic rings. The van der Waals surface area contributed by atoms with Crippen molar-refractivity contribution in [1.82, 2.24) is 59.3 Å². The van der Waals surface area contributed by atoms with Crippen LogP contribution in [-0.4, -0.2) is 234 Å². The first-order valence-electron chi connectivity index (χ1n) is 34.1. The lowest BCUT2D eigenvalue weighted by molar-refractivity contribution is -0.130. The van der Waals surface area contributed by atoms with Crippen LogP contribution in [0.5, 0.6) is 12.0 Å². The van der Waals surface area contributed by atoms with Gasteiger partial charge in [0, 0.05) is 131 Å². The topological polar surface area (TPSA) is 165 Å². The molecule has 4 aromatic heterocycles. The van der Waals surface area contributed by atoms with E-state index in [0.717, 1.165) is 31.4 Å². The van der Waals surface area contributed by atoms with E-state index in [4.69, 9.17) is 62.3 Å². The maximum atomic E-state index is 18.1. The molecular formula is C74H75Cl2F5N14O5. The van der Waals surface area contributed by atoms with Gasteiger partial charge in [-0.25, -0.2) is 22.0 Å². The van der Waals surface area contributed by atoms with E-state index in [-0.39, 0.29) is 111 Å². The molecule has 520 valence electrons. The molecule has 0 saturated carbocycles. The number of halogens is 7. The Balaban J connectivity index is 0.736. The van der Waals surface area contributed by atoms with Crippen molar-refractivity contribution < 1.29 is 45.8 Å². The molecule has 26 heteroatoms. The summed E-state index contributed by atoms with van der Waals surface area (Å²) < 4.78 is 104. The largest absolute Gasteiger partial charge is 0.461 e. The molecule has 8 aromatic rings. The zero-order chi connectivity index (χ0) is 69.3. The Morgan fingerprint density at radius 1 is 0.700 bits per heavy atom. The first-order chi connectivity index (χ1) is 48.3. The fourth-order valence-corrected chi connectivity index (χ4v) is 16.9. The third-order valence-corrected chi connectivity index (χ3v) is 22.0. The van der Waals surface area contributed by atoms with Gasteiger partial charge in [-0.1, -0.05) is 83.6 Å². The lowest BCUT2D eigenvalue weighted by Crippen LogP contribution is -2.53. The molecule has 7 fully saturated rings. The first kappa shape index (κ1) is 67.5. The van der Waals surface area contributed by atoms with Crippen molar-refractivity contribution in [2.24, 2.45) is 5.92 Å². The molecule has 0 N–H and O–H groups in total. The van der Waals surface area contributed by atoms with E-state index in [9.17, 15) is 9.59 Å². The number of likely N-dealkylation sites (N-methyl/N-ethyl adjacent to an activating group) is 1. The molecule has 0 aliphatic carbocycles. The minimum absolute atomic E-state index is 0.0147. The number of carbonyl (C=O) groups is 2. The van der Waals surface area contributed by atoms with Gasteiger partial charge in [-0.2, -0.15) is 19.9 Å². The summed E-state index contributed by atoms with van der Waals surface area (Å²) in [4.78, 5) is 70.3. The van der Waals surface area contributed by atoms with Crippen molar-refractivity contribution in [3.05, 3.63) is 106 Å². The number of fused-ring (bicyclic) bond motifs is 6. The van der Waals surface area contributed by atoms with Crippen LogP contribution in [0.2, 0.25) is 10.0 Å². The number of ether oxygens (including phenoxy) is 3. The Bertz CT molecular complexity index is 4700. The maximum absolute atomic E-state index is 18.1. The summed E-state index contributed by atoms with van der Waals surface area (Å²) in [6.45, 7) is 7.13. The van der Waals surface area contributed by atoms with Crippen LogP contribution in [0.3, 0.4) is 0 Å². The van der Waals surface area contributed by atoms with Crippen LogP contribution in [0.25, 0.3) is 65.9 Å². The number of aromatic nitrogens is 6. The van der Waals surface area contributed by atoms with Crippen LogP contribution in [0.1, 0.15) is 56.6 Å². The van der Waals surface area contributed by atoms with Gasteiger partial charge in [0.25, 0.3) is 11.8 Å². The maximum Gasteiger partial charge on any atom is 0.319 e. The lowest BCUT2D eigenvalue weighted by atomic mass is 9.91. The van der Waals surface area contributed by atoms with Crippen molar-refractivity contribution in [3.8, 4) is 58.2 Å². The highest BCUT2D eigenvalue weighted by Crippen LogP contribution is 2.53. The van der Waals surface area contributed by atoms with Gasteiger partial charge in [0.1, 0.15) is 65.4 Å². The van der Waals surface area contributed by atoms with Crippen LogP contribution in [-0.2, 0) is 14.3 Å². The van der Waals surface area contributed by atoms with E-state index in [0.29, 0.717) is 136 Å². The molecule has 0 radical (unpaired) electrons. The molecule has 2 unspecified atom stereocenters. The normalized spacial score (nSPS) is 23.3. The highest BCUT2D eigenvalue weighted by atomic mass is 35.5. The van der Waals surface area contributed by atoms with E-state index in [2.05, 4.69) is 38.5 Å². The summed E-state index contributed by atoms with van der Waals surface area (Å²) in [6, 6.07) is 15.5. The second-order valence-corrected chi connectivity index (χ2v) is 28.8. The SMILES string of the molecule is CN(C)CC#CC(=O)N1CC[C@@H](N(C)c2nc(OCC34CCCN3C[C@H](F)C4)nc3c(F)c(-c4cccc5c(C6[C@H](F)C[C@]7(COc8nc(N(C)CC9CN(C(=O)C#CCN%10CCOCC%10)C9)c9cnc(-c%10cccc%11cccc(Cl)c%10%11)c(F)c9n8)CCCN67)cc(F)c(Cl)c45)ncc23)C1. The Hall–Kier alpha value is -8.33. The first-order valence-corrected chi connectivity index (χ1v) is 34.9. The molecule has 0 bridgehead atoms. The van der Waals surface area contributed by atoms with E-state index < -0.39 is 46.9 Å². The van der Waals surface area contributed by atoms with Crippen molar-refractivity contribution >= 4 is 90.0 Å². The molecule has 0 spiro atoms. The Labute approximate surface area is 585 Å². The van der Waals surface area contributed by atoms with Crippen LogP contribution >= 0.6 is 23.2 Å². The zero-order valence-corrected chi connectivity index (χ0v) is 57.5. The highest BCUT2D eigenvalue weighted by Gasteiger charge is 2.56. The number of amides is 2. The molecule has 15 rings (SSSR count). The minimum Gasteiger partial charge on any atom is -0.461 e. The van der Waals surface area contributed by atoms with Gasteiger partial charge in [-0.3, -0.25) is 39.2 Å². The van der Waals surface area contributed by atoms with Crippen LogP contribution in [0.4, 0.5) is 33.6 Å². The van der Waals surface area contributed by atoms with Gasteiger partial charge in [0.2, 0.25) is 0 Å². The van der Waals surface area contributed by atoms with E-state index in [1.807, 2.05) is 58.9 Å². The van der Waals surface area contributed by atoms with Gasteiger partial charge in [-0.15, -0.1) is 0 Å². The zero-order valence-electron chi connectivity index (χ0n) is 56.0. The van der Waals surface area contributed by atoms with E-state index in [1.165, 1.54) is 12.3 Å². The standard InChI is InChI=1S/C74H75Cl2F5N14O5/c1-88(2)23-8-18-57(96)92-27-20-47(41-92)90(4)70-53-36-83-65(63(81)67(53)85-72(87-70)99-42-73-21-10-25-94(73)40-46(77)33-73)50-16-7-14-48-51(32-55(78)61(76)60(48)50)68-56(79)34-74(22-11-26-95(68)74)43-100-71-84-66-52(35-82-64(62(66)80)49-15-5-12-45-13-6-17-54(75)59(45)49)69(86-71)89(3)37-44-38-93(39-44)58(97)19-9-24-91-28-30-98-31-29-91/h5-7,12-17,32,35-36,44,46-47,56,68H,10-11,20-31,33-34,37-43H2,1-4H3/t46-,47-,56-,68?,73?,74+/m1/s1. The van der Waals surface area contributed by atoms with Crippen LogP contribution in [0, 0.1) is 47.1 Å². The summed E-state index contributed by atoms with van der Waals surface area (Å²) in [5.74, 6) is 9.08. The van der Waals surface area contributed by atoms with Gasteiger partial charge in [0.15, 0.2) is 11.6 Å². The van der Waals surface area contributed by atoms with E-state index >= 15 is 22.0 Å². The average molecular weight is 1410 g/mol. The highest BCUT2D eigenvalue weighted by molar-refractivity contribution is 6.37. The molecular weight excluding hydrogens is 1330 g/mol. The third kappa shape index (κ3) is 12.6. The summed E-state index contributed by atoms with van der Waals surface area (Å²) in [5, 5.41) is 2.53. The third-order valence-electron chi connectivity index (χ3n) is 21.3. The number of likely N-dealkylation sites (tertiary alicyclic amines) is 2. The number of nitrogens with zero attached hydrogens (tertiary/aromatic N) is 14. The number of carbonyl (C=O) groups excluding carboxylic acids is 2. The fourth-order valence-electron chi connectivity index (χ4n) is 16.3. The van der Waals surface area contributed by atoms with Crippen molar-refractivity contribution in [2.75, 3.05) is 143 Å². The van der Waals surface area contributed by atoms with Gasteiger partial charge < -0.3 is 33.8 Å². The Morgan fingerprint density at radius 3 is 2.07 bits per heavy atom. The summed E-state index contributed by atoms with van der Waals surface area (Å²) >= 11 is 13.8. The van der Waals surface area contributed by atoms with Gasteiger partial charge >= 0.3 is 12.0 Å². The molecule has 6 atom stereocenters. The van der Waals surface area contributed by atoms with Gasteiger partial charge in [-0.05, 0) is 99.6 Å². The number of pyridine rings is 2. The molecule has 4 aromatic carbocycles. The second-order valence-electron chi connectivity index (χ2n) is 28.0. The van der Waals surface area contributed by atoms with Crippen molar-refractivity contribution in [1.29, 1.82) is 0 Å². The monoisotopic (exact) mass is 1400 g/mol. The minimum atomic E-state index is -1.57. The van der Waals surface area contributed by atoms with Crippen molar-refractivity contribution in [2.45, 2.75) is 80.5 Å². The summed E-state index contributed by atoms with van der Waals surface area (Å²) in [6.07, 6.45) is 3.90. The molecule has 11 heterocycles. The average Bonchev–Trinajstić information content (AvgIpc) is 1.51. The number of anilines is 2. The number of rotatable bonds is 16. The lowest BCUT2D eigenvalue weighted by Gasteiger charge is -2.40. The van der Waals surface area contributed by atoms with E-state index in [1.54, 1.807) is 59.4 Å². The summed E-state index contributed by atoms with van der Waals surface area (Å²) in [7, 11) is 7.37. The Kier molecular flexibility index (Phi) is 18.6. The summed E-state index contributed by atoms with van der Waals surface area (Å²) in [5.41, 5.74) is -1.10. The predicted octanol–water partition coefficient (Wildman–Crippen LogP) is 10.2. The molecule has 7 saturated heterocycles. The number of benzene rings is 4. The quantitative estimate of drug-likeness (QED) is 0.0662. The molecule has 7 aliphatic heterocycles. The number of hydrogen-bond acceptors (Lipinski definition) is 17. The molecule has 100 heavy (non-hydrogen) atoms. The second kappa shape index (κ2) is 27.6. The number of alkyl halides is 2. The fraction of sp³-hybridized carbons (Fsp3) is 0.459. The predicted molar refractivity (Wildman–Crippen MR) is 374 cm³/mol. The van der Waals surface area contributed by atoms with Crippen LogP contribution in [0.15, 0.2) is 73.1 Å². The number of morpholine rings is 1. The molecule has 19 nitrogen and oxygen atoms in total. The Morgan fingerprint density at radius 2 is 1.34 bits per heavy atom. The number of hydrogen-bond donors (Lipinski definition) is 0.